The van der Waals surface area contributed by atoms with Gasteiger partial charge in [0.15, 0.2) is 0 Å². The van der Waals surface area contributed by atoms with Crippen LogP contribution in [0.2, 0.25) is 0 Å². The lowest BCUT2D eigenvalue weighted by Crippen LogP contribution is -2.52. The first-order valence-electron chi connectivity index (χ1n) is 7.20. The summed E-state index contributed by atoms with van der Waals surface area (Å²) in [5.74, 6) is 0. The van der Waals surface area contributed by atoms with Crippen molar-refractivity contribution < 1.29 is 9.84 Å². The van der Waals surface area contributed by atoms with Gasteiger partial charge in [0.05, 0.1) is 25.9 Å². The maximum absolute atomic E-state index is 9.46. The van der Waals surface area contributed by atoms with Crippen molar-refractivity contribution >= 4 is 15.9 Å². The number of alkyl halides is 1. The molecule has 0 amide bonds. The van der Waals surface area contributed by atoms with Gasteiger partial charge in [-0.15, -0.1) is 0 Å². The summed E-state index contributed by atoms with van der Waals surface area (Å²) in [6, 6.07) is 0.186. The Morgan fingerprint density at radius 2 is 2.00 bits per heavy atom. The molecule has 1 saturated heterocycles. The van der Waals surface area contributed by atoms with Crippen LogP contribution in [0, 0.1) is 5.41 Å². The van der Waals surface area contributed by atoms with E-state index < -0.39 is 0 Å². The third-order valence-corrected chi connectivity index (χ3v) is 5.13. The lowest BCUT2D eigenvalue weighted by atomic mass is 9.80. The van der Waals surface area contributed by atoms with Crippen molar-refractivity contribution in [1.29, 1.82) is 0 Å². The number of nitrogens with zero attached hydrogens (tertiary/aromatic N) is 1. The van der Waals surface area contributed by atoms with Crippen LogP contribution < -0.4 is 0 Å². The second kappa shape index (κ2) is 8.51. The van der Waals surface area contributed by atoms with E-state index in [9.17, 15) is 5.11 Å². The standard InChI is InChI=1S/C14H28BrNO2/c1-3-5-14(11-15,6-4-2)12-16-7-8-18-10-13(16)9-17/h13,17H,3-12H2,1-2H3. The Bertz CT molecular complexity index is 220. The van der Waals surface area contributed by atoms with Crippen LogP contribution in [0.25, 0.3) is 0 Å². The molecule has 0 aliphatic carbocycles. The van der Waals surface area contributed by atoms with Crippen molar-refractivity contribution in [2.75, 3.05) is 38.2 Å². The zero-order valence-corrected chi connectivity index (χ0v) is 13.4. The molecule has 1 atom stereocenters. The first-order valence-corrected chi connectivity index (χ1v) is 8.32. The van der Waals surface area contributed by atoms with Crippen LogP contribution in [-0.2, 0) is 4.74 Å². The smallest absolute Gasteiger partial charge is 0.0644 e. The van der Waals surface area contributed by atoms with Crippen LogP contribution in [0.3, 0.4) is 0 Å². The van der Waals surface area contributed by atoms with E-state index in [0.717, 1.165) is 25.0 Å². The molecule has 0 aromatic heterocycles. The molecule has 1 fully saturated rings. The van der Waals surface area contributed by atoms with E-state index >= 15 is 0 Å². The number of hydrogen-bond acceptors (Lipinski definition) is 3. The van der Waals surface area contributed by atoms with Gasteiger partial charge >= 0.3 is 0 Å². The number of aliphatic hydroxyl groups excluding tert-OH is 1. The highest BCUT2D eigenvalue weighted by molar-refractivity contribution is 9.09. The summed E-state index contributed by atoms with van der Waals surface area (Å²) in [6.07, 6.45) is 4.95. The fourth-order valence-corrected chi connectivity index (χ4v) is 3.75. The summed E-state index contributed by atoms with van der Waals surface area (Å²) in [4.78, 5) is 2.43. The average molecular weight is 322 g/mol. The fourth-order valence-electron chi connectivity index (χ4n) is 3.02. The third kappa shape index (κ3) is 4.48. The minimum absolute atomic E-state index is 0.186. The van der Waals surface area contributed by atoms with Crippen molar-refractivity contribution in [1.82, 2.24) is 4.90 Å². The number of rotatable bonds is 8. The van der Waals surface area contributed by atoms with Gasteiger partial charge in [-0.3, -0.25) is 4.90 Å². The Morgan fingerprint density at radius 1 is 1.33 bits per heavy atom. The molecule has 0 radical (unpaired) electrons. The first-order chi connectivity index (χ1) is 8.71. The van der Waals surface area contributed by atoms with Gasteiger partial charge in [-0.1, -0.05) is 42.6 Å². The number of aliphatic hydroxyl groups is 1. The molecule has 0 spiro atoms. The summed E-state index contributed by atoms with van der Waals surface area (Å²) < 4.78 is 5.46. The average Bonchev–Trinajstić information content (AvgIpc) is 2.40. The van der Waals surface area contributed by atoms with Crippen LogP contribution in [0.1, 0.15) is 39.5 Å². The molecule has 1 heterocycles. The van der Waals surface area contributed by atoms with E-state index in [4.69, 9.17) is 4.74 Å². The second-order valence-electron chi connectivity index (χ2n) is 5.52. The highest BCUT2D eigenvalue weighted by Crippen LogP contribution is 2.34. The van der Waals surface area contributed by atoms with Gasteiger partial charge in [0, 0.05) is 18.4 Å². The Kier molecular flexibility index (Phi) is 7.76. The minimum Gasteiger partial charge on any atom is -0.395 e. The maximum atomic E-state index is 9.46. The second-order valence-corrected chi connectivity index (χ2v) is 6.08. The number of halogens is 1. The molecule has 1 N–H and O–H groups in total. The largest absolute Gasteiger partial charge is 0.395 e. The fraction of sp³-hybridized carbons (Fsp3) is 1.00. The van der Waals surface area contributed by atoms with Gasteiger partial charge in [-0.05, 0) is 18.3 Å². The predicted molar refractivity (Wildman–Crippen MR) is 79.3 cm³/mol. The van der Waals surface area contributed by atoms with Crippen LogP contribution >= 0.6 is 15.9 Å². The summed E-state index contributed by atoms with van der Waals surface area (Å²) >= 11 is 3.72. The van der Waals surface area contributed by atoms with Crippen molar-refractivity contribution in [3.05, 3.63) is 0 Å². The third-order valence-electron chi connectivity index (χ3n) is 3.94. The topological polar surface area (TPSA) is 32.7 Å². The van der Waals surface area contributed by atoms with Crippen molar-refractivity contribution in [2.45, 2.75) is 45.6 Å². The molecule has 108 valence electrons. The summed E-state index contributed by atoms with van der Waals surface area (Å²) in [7, 11) is 0. The molecule has 0 saturated carbocycles. The Labute approximate surface area is 120 Å². The van der Waals surface area contributed by atoms with Crippen LogP contribution in [-0.4, -0.2) is 54.3 Å². The van der Waals surface area contributed by atoms with E-state index in [2.05, 4.69) is 34.7 Å². The van der Waals surface area contributed by atoms with E-state index in [0.29, 0.717) is 12.0 Å². The quantitative estimate of drug-likeness (QED) is 0.698. The first kappa shape index (κ1) is 16.4. The molecule has 1 rings (SSSR count). The minimum atomic E-state index is 0.186. The molecule has 0 aromatic rings. The Balaban J connectivity index is 2.67. The number of ether oxygens (including phenoxy) is 1. The number of hydrogen-bond donors (Lipinski definition) is 1. The molecular weight excluding hydrogens is 294 g/mol. The summed E-state index contributed by atoms with van der Waals surface area (Å²) in [6.45, 7) is 8.23. The summed E-state index contributed by atoms with van der Waals surface area (Å²) in [5.41, 5.74) is 0.355. The maximum Gasteiger partial charge on any atom is 0.0644 e. The van der Waals surface area contributed by atoms with Gasteiger partial charge in [-0.2, -0.15) is 0 Å². The van der Waals surface area contributed by atoms with Gasteiger partial charge in [0.2, 0.25) is 0 Å². The van der Waals surface area contributed by atoms with Gasteiger partial charge in [0.25, 0.3) is 0 Å². The van der Waals surface area contributed by atoms with E-state index in [1.54, 1.807) is 0 Å². The predicted octanol–water partition coefficient (Wildman–Crippen LogP) is 2.66. The SMILES string of the molecule is CCCC(CBr)(CCC)CN1CCOCC1CO. The highest BCUT2D eigenvalue weighted by atomic mass is 79.9. The molecular formula is C14H28BrNO2. The monoisotopic (exact) mass is 321 g/mol. The molecule has 0 bridgehead atoms. The van der Waals surface area contributed by atoms with Crippen LogP contribution in [0.5, 0.6) is 0 Å². The highest BCUT2D eigenvalue weighted by Gasteiger charge is 2.33. The van der Waals surface area contributed by atoms with Crippen molar-refractivity contribution in [3.63, 3.8) is 0 Å². The van der Waals surface area contributed by atoms with Gasteiger partial charge < -0.3 is 9.84 Å². The van der Waals surface area contributed by atoms with E-state index in [1.165, 1.54) is 25.7 Å². The normalized spacial score (nSPS) is 22.3. The van der Waals surface area contributed by atoms with Crippen molar-refractivity contribution in [2.24, 2.45) is 5.41 Å². The van der Waals surface area contributed by atoms with Crippen LogP contribution in [0.15, 0.2) is 0 Å². The van der Waals surface area contributed by atoms with Gasteiger partial charge in [0.1, 0.15) is 0 Å². The molecule has 0 aromatic carbocycles. The molecule has 1 unspecified atom stereocenters. The van der Waals surface area contributed by atoms with E-state index in [1.807, 2.05) is 0 Å². The number of morpholine rings is 1. The zero-order chi connectivity index (χ0) is 13.4. The Morgan fingerprint density at radius 3 is 2.50 bits per heavy atom. The Hall–Kier alpha value is 0.360. The summed E-state index contributed by atoms with van der Waals surface area (Å²) in [5, 5.41) is 10.5. The molecule has 18 heavy (non-hydrogen) atoms. The lowest BCUT2D eigenvalue weighted by Gasteiger charge is -2.42. The van der Waals surface area contributed by atoms with Crippen LogP contribution in [0.4, 0.5) is 0 Å². The lowest BCUT2D eigenvalue weighted by molar-refractivity contribution is -0.0440. The molecule has 1 aliphatic rings. The molecule has 3 nitrogen and oxygen atoms in total. The molecule has 1 aliphatic heterocycles. The zero-order valence-electron chi connectivity index (χ0n) is 11.8. The van der Waals surface area contributed by atoms with Gasteiger partial charge in [-0.25, -0.2) is 0 Å². The van der Waals surface area contributed by atoms with Crippen molar-refractivity contribution in [3.8, 4) is 0 Å². The molecule has 4 heteroatoms. The van der Waals surface area contributed by atoms with E-state index in [-0.39, 0.29) is 12.6 Å².